The number of nitrogens with zero attached hydrogens (tertiary/aromatic N) is 3. The lowest BCUT2D eigenvalue weighted by molar-refractivity contribution is -0.113. The Hall–Kier alpha value is -2.11. The largest absolute Gasteiger partial charge is 0.342 e. The molecule has 0 fully saturated rings. The SMILES string of the molecule is Cc1cc(I)ccc1NC(=O)CSc1nnc([C@@H](C)NC(=O)c2ccccc2Cl)n1C. The molecule has 0 aliphatic carbocycles. The summed E-state index contributed by atoms with van der Waals surface area (Å²) in [5.74, 6) is 0.357. The van der Waals surface area contributed by atoms with Crippen molar-refractivity contribution in [1.29, 1.82) is 0 Å². The summed E-state index contributed by atoms with van der Waals surface area (Å²) in [5.41, 5.74) is 2.20. The fourth-order valence-corrected chi connectivity index (χ4v) is 4.48. The molecule has 0 saturated heterocycles. The predicted octanol–water partition coefficient (Wildman–Crippen LogP) is 4.60. The highest BCUT2D eigenvalue weighted by Crippen LogP contribution is 2.22. The molecule has 0 radical (unpaired) electrons. The van der Waals surface area contributed by atoms with Crippen LogP contribution in [-0.2, 0) is 11.8 Å². The molecule has 0 saturated carbocycles. The van der Waals surface area contributed by atoms with Gasteiger partial charge in [0.2, 0.25) is 5.91 Å². The summed E-state index contributed by atoms with van der Waals surface area (Å²) in [6.07, 6.45) is 0. The minimum absolute atomic E-state index is 0.126. The number of halogens is 2. The van der Waals surface area contributed by atoms with Gasteiger partial charge in [-0.05, 0) is 72.3 Å². The number of rotatable bonds is 7. The first-order valence-electron chi connectivity index (χ1n) is 9.39. The predicted molar refractivity (Wildman–Crippen MR) is 132 cm³/mol. The van der Waals surface area contributed by atoms with Crippen LogP contribution in [0.1, 0.15) is 34.7 Å². The molecule has 31 heavy (non-hydrogen) atoms. The van der Waals surface area contributed by atoms with Gasteiger partial charge < -0.3 is 15.2 Å². The molecule has 1 atom stereocenters. The fraction of sp³-hybridized carbons (Fsp3) is 0.238. The standard InChI is InChI=1S/C21H21ClIN5O2S/c1-12-10-14(23)8-9-17(12)25-18(29)11-31-21-27-26-19(28(21)3)13(2)24-20(30)15-6-4-5-7-16(15)22/h4-10,13H,11H2,1-3H3,(H,24,30)(H,25,29)/t13-/m1/s1. The number of carbonyl (C=O) groups is 2. The minimum atomic E-state index is -0.390. The fourth-order valence-electron chi connectivity index (χ4n) is 2.90. The molecule has 1 heterocycles. The van der Waals surface area contributed by atoms with E-state index in [2.05, 4.69) is 43.4 Å². The van der Waals surface area contributed by atoms with Crippen LogP contribution in [0.25, 0.3) is 0 Å². The third-order valence-electron chi connectivity index (χ3n) is 4.52. The Kier molecular flexibility index (Phi) is 7.95. The summed E-state index contributed by atoms with van der Waals surface area (Å²) in [6, 6.07) is 12.3. The summed E-state index contributed by atoms with van der Waals surface area (Å²) in [5, 5.41) is 15.1. The van der Waals surface area contributed by atoms with E-state index in [1.807, 2.05) is 32.0 Å². The van der Waals surface area contributed by atoms with Crippen molar-refractivity contribution in [3.8, 4) is 0 Å². The van der Waals surface area contributed by atoms with Crippen molar-refractivity contribution in [2.75, 3.05) is 11.1 Å². The lowest BCUT2D eigenvalue weighted by Crippen LogP contribution is -2.28. The summed E-state index contributed by atoms with van der Waals surface area (Å²) in [7, 11) is 1.80. The Morgan fingerprint density at radius 1 is 1.23 bits per heavy atom. The van der Waals surface area contributed by atoms with Crippen LogP contribution in [0.15, 0.2) is 47.6 Å². The van der Waals surface area contributed by atoms with Gasteiger partial charge in [0.05, 0.1) is 22.4 Å². The Morgan fingerprint density at radius 3 is 2.68 bits per heavy atom. The van der Waals surface area contributed by atoms with Crippen molar-refractivity contribution in [1.82, 2.24) is 20.1 Å². The number of thioether (sulfide) groups is 1. The molecule has 0 unspecified atom stereocenters. The van der Waals surface area contributed by atoms with Crippen LogP contribution in [0.5, 0.6) is 0 Å². The van der Waals surface area contributed by atoms with Crippen LogP contribution in [0.2, 0.25) is 5.02 Å². The van der Waals surface area contributed by atoms with E-state index in [-0.39, 0.29) is 23.6 Å². The zero-order valence-corrected chi connectivity index (χ0v) is 20.9. The smallest absolute Gasteiger partial charge is 0.253 e. The van der Waals surface area contributed by atoms with Crippen molar-refractivity contribution in [2.24, 2.45) is 7.05 Å². The Balaban J connectivity index is 1.59. The Labute approximate surface area is 203 Å². The quantitative estimate of drug-likeness (QED) is 0.321. The van der Waals surface area contributed by atoms with Crippen LogP contribution < -0.4 is 10.6 Å². The van der Waals surface area contributed by atoms with E-state index in [9.17, 15) is 9.59 Å². The molecular weight excluding hydrogens is 549 g/mol. The first-order valence-corrected chi connectivity index (χ1v) is 11.8. The zero-order chi connectivity index (χ0) is 22.5. The lowest BCUT2D eigenvalue weighted by atomic mass is 10.2. The molecule has 0 aliphatic rings. The number of benzene rings is 2. The van der Waals surface area contributed by atoms with Gasteiger partial charge in [0.1, 0.15) is 0 Å². The van der Waals surface area contributed by atoms with Crippen LogP contribution in [0, 0.1) is 10.5 Å². The highest BCUT2D eigenvalue weighted by molar-refractivity contribution is 14.1. The van der Waals surface area contributed by atoms with E-state index in [0.29, 0.717) is 21.6 Å². The first kappa shape index (κ1) is 23.6. The molecule has 2 amide bonds. The number of anilines is 1. The minimum Gasteiger partial charge on any atom is -0.342 e. The van der Waals surface area contributed by atoms with E-state index in [1.54, 1.807) is 35.9 Å². The number of hydrogen-bond acceptors (Lipinski definition) is 5. The van der Waals surface area contributed by atoms with Crippen LogP contribution in [-0.4, -0.2) is 32.3 Å². The molecule has 0 aliphatic heterocycles. The van der Waals surface area contributed by atoms with Gasteiger partial charge in [-0.15, -0.1) is 10.2 Å². The number of hydrogen-bond donors (Lipinski definition) is 2. The van der Waals surface area contributed by atoms with Gasteiger partial charge in [-0.25, -0.2) is 0 Å². The highest BCUT2D eigenvalue weighted by Gasteiger charge is 2.20. The third-order valence-corrected chi connectivity index (χ3v) is 6.54. The van der Waals surface area contributed by atoms with Crippen LogP contribution in [0.4, 0.5) is 5.69 Å². The molecule has 10 heteroatoms. The average Bonchev–Trinajstić information content (AvgIpc) is 3.09. The van der Waals surface area contributed by atoms with Gasteiger partial charge in [-0.1, -0.05) is 35.5 Å². The molecule has 1 aromatic heterocycles. The summed E-state index contributed by atoms with van der Waals surface area (Å²) < 4.78 is 2.89. The molecule has 0 spiro atoms. The van der Waals surface area contributed by atoms with Gasteiger partial charge in [-0.2, -0.15) is 0 Å². The molecule has 2 aromatic carbocycles. The molecule has 162 valence electrons. The number of nitrogens with one attached hydrogen (secondary N) is 2. The van der Waals surface area contributed by atoms with Crippen molar-refractivity contribution < 1.29 is 9.59 Å². The van der Waals surface area contributed by atoms with Gasteiger partial charge >= 0.3 is 0 Å². The van der Waals surface area contributed by atoms with Crippen LogP contribution in [0.3, 0.4) is 0 Å². The van der Waals surface area contributed by atoms with Crippen molar-refractivity contribution in [2.45, 2.75) is 25.0 Å². The molecule has 7 nitrogen and oxygen atoms in total. The maximum absolute atomic E-state index is 12.5. The normalized spacial score (nSPS) is 11.8. The van der Waals surface area contributed by atoms with Crippen molar-refractivity contribution in [3.63, 3.8) is 0 Å². The Morgan fingerprint density at radius 2 is 1.97 bits per heavy atom. The second kappa shape index (κ2) is 10.5. The average molecular weight is 570 g/mol. The molecular formula is C21H21ClIN5O2S. The van der Waals surface area contributed by atoms with E-state index >= 15 is 0 Å². The zero-order valence-electron chi connectivity index (χ0n) is 17.1. The molecule has 0 bridgehead atoms. The number of aryl methyl sites for hydroxylation is 1. The maximum Gasteiger partial charge on any atom is 0.253 e. The summed E-state index contributed by atoms with van der Waals surface area (Å²) >= 11 is 9.61. The van der Waals surface area contributed by atoms with Gasteiger partial charge in [0, 0.05) is 16.3 Å². The van der Waals surface area contributed by atoms with Crippen molar-refractivity contribution >= 4 is 63.5 Å². The van der Waals surface area contributed by atoms with Gasteiger partial charge in [0.25, 0.3) is 5.91 Å². The molecule has 3 rings (SSSR count). The maximum atomic E-state index is 12.5. The third kappa shape index (κ3) is 5.98. The van der Waals surface area contributed by atoms with Gasteiger partial charge in [0.15, 0.2) is 11.0 Å². The highest BCUT2D eigenvalue weighted by atomic mass is 127. The first-order chi connectivity index (χ1) is 14.8. The summed E-state index contributed by atoms with van der Waals surface area (Å²) in [4.78, 5) is 24.8. The monoisotopic (exact) mass is 569 g/mol. The van der Waals surface area contributed by atoms with E-state index < -0.39 is 0 Å². The Bertz CT molecular complexity index is 1120. The second-order valence-corrected chi connectivity index (χ2v) is 9.47. The number of aromatic nitrogens is 3. The van der Waals surface area contributed by atoms with Crippen molar-refractivity contribution in [3.05, 3.63) is 68.0 Å². The molecule has 2 N–H and O–H groups in total. The molecule has 3 aromatic rings. The van der Waals surface area contributed by atoms with Gasteiger partial charge in [-0.3, -0.25) is 9.59 Å². The number of amides is 2. The second-order valence-electron chi connectivity index (χ2n) is 6.87. The van der Waals surface area contributed by atoms with E-state index in [0.717, 1.165) is 14.8 Å². The van der Waals surface area contributed by atoms with E-state index in [1.165, 1.54) is 11.8 Å². The van der Waals surface area contributed by atoms with E-state index in [4.69, 9.17) is 11.6 Å². The van der Waals surface area contributed by atoms with Crippen LogP contribution >= 0.6 is 46.0 Å². The topological polar surface area (TPSA) is 88.9 Å². The summed E-state index contributed by atoms with van der Waals surface area (Å²) in [6.45, 7) is 3.78. The number of carbonyl (C=O) groups excluding carboxylic acids is 2. The lowest BCUT2D eigenvalue weighted by Gasteiger charge is -2.14.